The minimum Gasteiger partial charge on any atom is -0.352 e. The minimum absolute atomic E-state index is 0.0619. The number of piperazine rings is 1. The molecule has 0 bridgehead atoms. The van der Waals surface area contributed by atoms with E-state index in [0.717, 1.165) is 64.6 Å². The number of hydrogen-bond donors (Lipinski definition) is 0. The number of hydrogen-bond acceptors (Lipinski definition) is 7. The maximum Gasteiger partial charge on any atom is 0.283 e. The molecule has 0 saturated carbocycles. The van der Waals surface area contributed by atoms with E-state index < -0.39 is 0 Å². The quantitative estimate of drug-likeness (QED) is 0.434. The van der Waals surface area contributed by atoms with Crippen LogP contribution in [0.3, 0.4) is 0 Å². The standard InChI is InChI=1S/C25H30N6OS/c1-17-18(2)33-24-21(17)25(32)31-22(26-24)19-7-3-4-8-20(19)23(27-31)30-15-13-29(14-16-30)12-11-28-9-5-6-10-28/h3-4,7-8H,5-6,9-16H2,1-2H3. The van der Waals surface area contributed by atoms with Crippen molar-refractivity contribution in [2.24, 2.45) is 0 Å². The van der Waals surface area contributed by atoms with Crippen molar-refractivity contribution in [1.29, 1.82) is 0 Å². The van der Waals surface area contributed by atoms with Crippen molar-refractivity contribution >= 4 is 43.8 Å². The van der Waals surface area contributed by atoms with Gasteiger partial charge in [-0.2, -0.15) is 4.52 Å². The molecule has 2 saturated heterocycles. The van der Waals surface area contributed by atoms with E-state index in [1.807, 2.05) is 19.1 Å². The average Bonchev–Trinajstić information content (AvgIpc) is 3.46. The molecule has 1 aromatic carbocycles. The van der Waals surface area contributed by atoms with Gasteiger partial charge in [0.1, 0.15) is 4.83 Å². The van der Waals surface area contributed by atoms with E-state index in [4.69, 9.17) is 10.1 Å². The predicted molar refractivity (Wildman–Crippen MR) is 136 cm³/mol. The Hall–Kier alpha value is -2.55. The largest absolute Gasteiger partial charge is 0.352 e. The molecule has 0 radical (unpaired) electrons. The lowest BCUT2D eigenvalue weighted by atomic mass is 10.1. The molecule has 2 fully saturated rings. The van der Waals surface area contributed by atoms with Crippen molar-refractivity contribution in [2.75, 3.05) is 57.3 Å². The first-order valence-electron chi connectivity index (χ1n) is 12.0. The van der Waals surface area contributed by atoms with Gasteiger partial charge in [0.15, 0.2) is 11.5 Å². The summed E-state index contributed by atoms with van der Waals surface area (Å²) in [6.45, 7) is 12.8. The number of anilines is 1. The molecule has 33 heavy (non-hydrogen) atoms. The lowest BCUT2D eigenvalue weighted by Gasteiger charge is -2.36. The maximum absolute atomic E-state index is 13.5. The predicted octanol–water partition coefficient (Wildman–Crippen LogP) is 3.29. The molecule has 2 aliphatic rings. The summed E-state index contributed by atoms with van der Waals surface area (Å²) in [6, 6.07) is 8.24. The van der Waals surface area contributed by atoms with Gasteiger partial charge in [0.2, 0.25) is 0 Å². The van der Waals surface area contributed by atoms with Crippen molar-refractivity contribution < 1.29 is 0 Å². The van der Waals surface area contributed by atoms with E-state index in [1.165, 1.54) is 32.5 Å². The summed E-state index contributed by atoms with van der Waals surface area (Å²) in [6.07, 6.45) is 2.69. The second kappa shape index (κ2) is 8.34. The Morgan fingerprint density at radius 2 is 1.58 bits per heavy atom. The summed E-state index contributed by atoms with van der Waals surface area (Å²) in [7, 11) is 0. The van der Waals surface area contributed by atoms with Crippen LogP contribution in [0.4, 0.5) is 5.82 Å². The summed E-state index contributed by atoms with van der Waals surface area (Å²) in [4.78, 5) is 27.8. The molecule has 0 spiro atoms. The number of fused-ring (bicyclic) bond motifs is 4. The number of likely N-dealkylation sites (tertiary alicyclic amines) is 1. The minimum atomic E-state index is -0.0619. The van der Waals surface area contributed by atoms with E-state index in [1.54, 1.807) is 15.9 Å². The highest BCUT2D eigenvalue weighted by Crippen LogP contribution is 2.31. The Labute approximate surface area is 197 Å². The molecule has 0 atom stereocenters. The van der Waals surface area contributed by atoms with E-state index in [9.17, 15) is 4.79 Å². The Bertz CT molecular complexity index is 1400. The molecule has 8 heteroatoms. The molecule has 0 N–H and O–H groups in total. The molecule has 3 aromatic heterocycles. The van der Waals surface area contributed by atoms with E-state index >= 15 is 0 Å². The molecule has 172 valence electrons. The highest BCUT2D eigenvalue weighted by Gasteiger charge is 2.23. The van der Waals surface area contributed by atoms with Crippen molar-refractivity contribution in [3.05, 3.63) is 45.1 Å². The highest BCUT2D eigenvalue weighted by molar-refractivity contribution is 7.18. The van der Waals surface area contributed by atoms with Gasteiger partial charge >= 0.3 is 0 Å². The van der Waals surface area contributed by atoms with E-state index in [2.05, 4.69) is 33.8 Å². The van der Waals surface area contributed by atoms with Crippen LogP contribution in [0.25, 0.3) is 26.6 Å². The van der Waals surface area contributed by atoms with Gasteiger partial charge in [-0.25, -0.2) is 4.98 Å². The van der Waals surface area contributed by atoms with Crippen LogP contribution in [0.5, 0.6) is 0 Å². The van der Waals surface area contributed by atoms with Crippen molar-refractivity contribution in [2.45, 2.75) is 26.7 Å². The third-order valence-electron chi connectivity index (χ3n) is 7.39. The van der Waals surface area contributed by atoms with Gasteiger partial charge in [-0.1, -0.05) is 24.3 Å². The average molecular weight is 463 g/mol. The lowest BCUT2D eigenvalue weighted by Crippen LogP contribution is -2.48. The SMILES string of the molecule is Cc1sc2nc3c4ccccc4c(N4CCN(CCN5CCCC5)CC4)nn3c(=O)c2c1C. The van der Waals surface area contributed by atoms with Gasteiger partial charge in [0.05, 0.1) is 5.39 Å². The molecular weight excluding hydrogens is 432 g/mol. The molecule has 4 aromatic rings. The van der Waals surface area contributed by atoms with Gasteiger partial charge in [0.25, 0.3) is 5.56 Å². The fourth-order valence-electron chi connectivity index (χ4n) is 5.28. The van der Waals surface area contributed by atoms with Gasteiger partial charge < -0.3 is 9.80 Å². The zero-order valence-corrected chi connectivity index (χ0v) is 20.2. The summed E-state index contributed by atoms with van der Waals surface area (Å²) in [5.74, 6) is 0.894. The summed E-state index contributed by atoms with van der Waals surface area (Å²) >= 11 is 1.59. The first-order chi connectivity index (χ1) is 16.1. The van der Waals surface area contributed by atoms with Crippen molar-refractivity contribution in [1.82, 2.24) is 24.4 Å². The molecule has 0 unspecified atom stereocenters. The summed E-state index contributed by atoms with van der Waals surface area (Å²) in [5.41, 5.74) is 1.61. The van der Waals surface area contributed by atoms with Crippen LogP contribution in [-0.4, -0.2) is 76.8 Å². The third kappa shape index (κ3) is 3.61. The lowest BCUT2D eigenvalue weighted by molar-refractivity contribution is 0.215. The monoisotopic (exact) mass is 462 g/mol. The topological polar surface area (TPSA) is 57.0 Å². The third-order valence-corrected chi connectivity index (χ3v) is 8.49. The molecule has 7 nitrogen and oxygen atoms in total. The Morgan fingerprint density at radius 3 is 2.30 bits per heavy atom. The van der Waals surface area contributed by atoms with Gasteiger partial charge in [-0.3, -0.25) is 9.69 Å². The van der Waals surface area contributed by atoms with Crippen molar-refractivity contribution in [3.63, 3.8) is 0 Å². The molecular formula is C25H30N6OS. The Kier molecular flexibility index (Phi) is 5.31. The number of thiophene rings is 1. The van der Waals surface area contributed by atoms with Gasteiger partial charge in [-0.15, -0.1) is 16.4 Å². The normalized spacial score (nSPS) is 18.3. The molecule has 0 amide bonds. The fraction of sp³-hybridized carbons (Fsp3) is 0.480. The number of rotatable bonds is 4. The maximum atomic E-state index is 13.5. The van der Waals surface area contributed by atoms with Crippen molar-refractivity contribution in [3.8, 4) is 0 Å². The fourth-order valence-corrected chi connectivity index (χ4v) is 6.30. The molecule has 0 aliphatic carbocycles. The zero-order valence-electron chi connectivity index (χ0n) is 19.4. The van der Waals surface area contributed by atoms with Gasteiger partial charge in [0, 0.05) is 54.9 Å². The first kappa shape index (κ1) is 21.0. The second-order valence-corrected chi connectivity index (χ2v) is 10.6. The van der Waals surface area contributed by atoms with Crippen LogP contribution >= 0.6 is 11.3 Å². The van der Waals surface area contributed by atoms with Crippen LogP contribution < -0.4 is 10.5 Å². The van der Waals surface area contributed by atoms with Crippen LogP contribution in [0.15, 0.2) is 29.1 Å². The molecule has 2 aliphatic heterocycles. The number of aromatic nitrogens is 3. The second-order valence-electron chi connectivity index (χ2n) is 9.36. The first-order valence-corrected chi connectivity index (χ1v) is 12.8. The highest BCUT2D eigenvalue weighted by atomic mass is 32.1. The smallest absolute Gasteiger partial charge is 0.283 e. The van der Waals surface area contributed by atoms with Crippen LogP contribution in [0, 0.1) is 13.8 Å². The number of benzene rings is 1. The van der Waals surface area contributed by atoms with Crippen LogP contribution in [0.1, 0.15) is 23.3 Å². The number of aryl methyl sites for hydroxylation is 2. The van der Waals surface area contributed by atoms with E-state index in [0.29, 0.717) is 11.0 Å². The van der Waals surface area contributed by atoms with Crippen LogP contribution in [0.2, 0.25) is 0 Å². The Morgan fingerprint density at radius 1 is 0.909 bits per heavy atom. The molecule has 5 heterocycles. The molecule has 6 rings (SSSR count). The van der Waals surface area contributed by atoms with Crippen LogP contribution in [-0.2, 0) is 0 Å². The summed E-state index contributed by atoms with van der Waals surface area (Å²) < 4.78 is 1.54. The summed E-state index contributed by atoms with van der Waals surface area (Å²) in [5, 5.41) is 7.67. The number of nitrogens with zero attached hydrogens (tertiary/aromatic N) is 6. The zero-order chi connectivity index (χ0) is 22.5. The Balaban J connectivity index is 1.36. The van der Waals surface area contributed by atoms with Gasteiger partial charge in [-0.05, 0) is 45.3 Å². The van der Waals surface area contributed by atoms with E-state index in [-0.39, 0.29) is 5.56 Å².